The van der Waals surface area contributed by atoms with Gasteiger partial charge >= 0.3 is 0 Å². The summed E-state index contributed by atoms with van der Waals surface area (Å²) in [6, 6.07) is 17.3. The van der Waals surface area contributed by atoms with Crippen LogP contribution in [0.2, 0.25) is 10.0 Å². The maximum Gasteiger partial charge on any atom is 0.264 e. The molecule has 0 aliphatic carbocycles. The summed E-state index contributed by atoms with van der Waals surface area (Å²) in [5.41, 5.74) is 1.93. The summed E-state index contributed by atoms with van der Waals surface area (Å²) in [5.74, 6) is -0.946. The molecule has 1 atom stereocenters. The number of anilines is 1. The van der Waals surface area contributed by atoms with Crippen molar-refractivity contribution in [2.45, 2.75) is 64.6 Å². The van der Waals surface area contributed by atoms with Gasteiger partial charge in [0.15, 0.2) is 0 Å². The number of hydrogen-bond acceptors (Lipinski definition) is 4. The first-order valence-corrected chi connectivity index (χ1v) is 15.0. The predicted octanol–water partition coefficient (Wildman–Crippen LogP) is 6.14. The fraction of sp³-hybridized carbons (Fsp3) is 0.333. The van der Waals surface area contributed by atoms with E-state index in [-0.39, 0.29) is 17.3 Å². The third kappa shape index (κ3) is 7.77. The predicted molar refractivity (Wildman–Crippen MR) is 161 cm³/mol. The van der Waals surface area contributed by atoms with E-state index in [1.165, 1.54) is 17.0 Å². The summed E-state index contributed by atoms with van der Waals surface area (Å²) in [6.07, 6.45) is 0. The molecule has 0 saturated heterocycles. The van der Waals surface area contributed by atoms with Crippen molar-refractivity contribution in [1.82, 2.24) is 10.2 Å². The first-order chi connectivity index (χ1) is 18.6. The van der Waals surface area contributed by atoms with Gasteiger partial charge in [0.1, 0.15) is 12.6 Å². The average molecular weight is 605 g/mol. The number of carbonyl (C=O) groups is 2. The van der Waals surface area contributed by atoms with Gasteiger partial charge in [-0.1, -0.05) is 59.6 Å². The highest BCUT2D eigenvalue weighted by Gasteiger charge is 2.34. The number of sulfonamides is 1. The van der Waals surface area contributed by atoms with Gasteiger partial charge in [-0.25, -0.2) is 8.42 Å². The number of benzene rings is 3. The zero-order valence-electron chi connectivity index (χ0n) is 23.5. The Bertz CT molecular complexity index is 1490. The maximum absolute atomic E-state index is 14.1. The number of carbonyl (C=O) groups excluding carboxylic acids is 2. The topological polar surface area (TPSA) is 86.8 Å². The third-order valence-corrected chi connectivity index (χ3v) is 8.63. The molecular formula is C30H35Cl2N3O4S. The Morgan fingerprint density at radius 2 is 1.60 bits per heavy atom. The molecule has 40 heavy (non-hydrogen) atoms. The van der Waals surface area contributed by atoms with Gasteiger partial charge in [0, 0.05) is 22.1 Å². The van der Waals surface area contributed by atoms with E-state index in [2.05, 4.69) is 5.32 Å². The molecule has 0 radical (unpaired) electrons. The molecule has 0 aliphatic heterocycles. The lowest BCUT2D eigenvalue weighted by atomic mass is 10.1. The Kier molecular flexibility index (Phi) is 9.93. The van der Waals surface area contributed by atoms with Crippen molar-refractivity contribution in [1.29, 1.82) is 0 Å². The Labute approximate surface area is 247 Å². The normalized spacial score (nSPS) is 12.5. The van der Waals surface area contributed by atoms with Gasteiger partial charge in [-0.05, 0) is 88.6 Å². The standard InChI is InChI=1S/C30H35Cl2N3O4S/c1-20-12-13-21(2)27(16-20)35(40(38,39)25-10-8-7-9-11-25)19-28(36)34(22(3)29(37)33-30(4,5)6)18-23-14-15-24(31)17-26(23)32/h7-17,22H,18-19H2,1-6H3,(H,33,37)/t22-/m1/s1. The van der Waals surface area contributed by atoms with E-state index < -0.39 is 34.1 Å². The first kappa shape index (κ1) is 31.5. The van der Waals surface area contributed by atoms with E-state index in [9.17, 15) is 18.0 Å². The molecule has 2 amide bonds. The molecule has 0 aromatic heterocycles. The number of hydrogen-bond donors (Lipinski definition) is 1. The van der Waals surface area contributed by atoms with Crippen LogP contribution in [0.15, 0.2) is 71.6 Å². The van der Waals surface area contributed by atoms with Gasteiger partial charge in [0.2, 0.25) is 11.8 Å². The number of aryl methyl sites for hydroxylation is 2. The van der Waals surface area contributed by atoms with E-state index >= 15 is 0 Å². The lowest BCUT2D eigenvalue weighted by Crippen LogP contribution is -2.54. The molecule has 0 fully saturated rings. The van der Waals surface area contributed by atoms with E-state index in [0.29, 0.717) is 26.9 Å². The van der Waals surface area contributed by atoms with E-state index in [1.807, 2.05) is 39.8 Å². The van der Waals surface area contributed by atoms with Crippen LogP contribution in [0.1, 0.15) is 44.4 Å². The summed E-state index contributed by atoms with van der Waals surface area (Å²) >= 11 is 12.5. The fourth-order valence-corrected chi connectivity index (χ4v) is 6.07. The van der Waals surface area contributed by atoms with Crippen LogP contribution in [-0.2, 0) is 26.2 Å². The molecule has 3 aromatic rings. The second-order valence-corrected chi connectivity index (χ2v) is 13.5. The number of halogens is 2. The van der Waals surface area contributed by atoms with Crippen molar-refractivity contribution >= 4 is 50.7 Å². The van der Waals surface area contributed by atoms with Gasteiger partial charge in [0.25, 0.3) is 10.0 Å². The Morgan fingerprint density at radius 1 is 0.950 bits per heavy atom. The molecule has 10 heteroatoms. The molecule has 3 rings (SSSR count). The molecule has 1 N–H and O–H groups in total. The average Bonchev–Trinajstić information content (AvgIpc) is 2.87. The van der Waals surface area contributed by atoms with Crippen LogP contribution in [0.5, 0.6) is 0 Å². The van der Waals surface area contributed by atoms with Gasteiger partial charge in [-0.15, -0.1) is 0 Å². The van der Waals surface area contributed by atoms with Crippen LogP contribution in [0.25, 0.3) is 0 Å². The summed E-state index contributed by atoms with van der Waals surface area (Å²) < 4.78 is 29.0. The molecule has 0 unspecified atom stereocenters. The van der Waals surface area contributed by atoms with Crippen LogP contribution in [0, 0.1) is 13.8 Å². The van der Waals surface area contributed by atoms with Crippen molar-refractivity contribution in [3.05, 3.63) is 93.5 Å². The van der Waals surface area contributed by atoms with Gasteiger partial charge in [-0.2, -0.15) is 0 Å². The Balaban J connectivity index is 2.09. The van der Waals surface area contributed by atoms with Crippen molar-refractivity contribution in [3.8, 4) is 0 Å². The SMILES string of the molecule is Cc1ccc(C)c(N(CC(=O)N(Cc2ccc(Cl)cc2Cl)[C@H](C)C(=O)NC(C)(C)C)S(=O)(=O)c2ccccc2)c1. The minimum atomic E-state index is -4.14. The zero-order chi connectivity index (χ0) is 29.8. The number of nitrogens with one attached hydrogen (secondary N) is 1. The zero-order valence-corrected chi connectivity index (χ0v) is 25.9. The van der Waals surface area contributed by atoms with Crippen LogP contribution in [0.3, 0.4) is 0 Å². The monoisotopic (exact) mass is 603 g/mol. The van der Waals surface area contributed by atoms with Crippen LogP contribution in [0.4, 0.5) is 5.69 Å². The Morgan fingerprint density at radius 3 is 2.20 bits per heavy atom. The summed E-state index contributed by atoms with van der Waals surface area (Å²) in [5, 5.41) is 3.66. The number of nitrogens with zero attached hydrogens (tertiary/aromatic N) is 2. The quantitative estimate of drug-likeness (QED) is 0.318. The minimum absolute atomic E-state index is 0.0282. The highest BCUT2D eigenvalue weighted by molar-refractivity contribution is 7.92. The third-order valence-electron chi connectivity index (χ3n) is 6.26. The Hall–Kier alpha value is -3.07. The van der Waals surface area contributed by atoms with Crippen molar-refractivity contribution in [2.75, 3.05) is 10.8 Å². The van der Waals surface area contributed by atoms with E-state index in [1.54, 1.807) is 56.3 Å². The number of rotatable bonds is 9. The van der Waals surface area contributed by atoms with Crippen LogP contribution < -0.4 is 9.62 Å². The lowest BCUT2D eigenvalue weighted by Gasteiger charge is -2.34. The highest BCUT2D eigenvalue weighted by atomic mass is 35.5. The molecule has 0 heterocycles. The van der Waals surface area contributed by atoms with Gasteiger partial charge < -0.3 is 10.2 Å². The molecule has 0 bridgehead atoms. The molecule has 7 nitrogen and oxygen atoms in total. The number of amides is 2. The molecular weight excluding hydrogens is 569 g/mol. The molecule has 0 spiro atoms. The van der Waals surface area contributed by atoms with Crippen LogP contribution in [-0.4, -0.2) is 43.3 Å². The summed E-state index contributed by atoms with van der Waals surface area (Å²) in [7, 11) is -4.14. The minimum Gasteiger partial charge on any atom is -0.350 e. The molecule has 3 aromatic carbocycles. The molecule has 0 aliphatic rings. The molecule has 0 saturated carbocycles. The van der Waals surface area contributed by atoms with Crippen LogP contribution >= 0.6 is 23.2 Å². The maximum atomic E-state index is 14.1. The largest absolute Gasteiger partial charge is 0.350 e. The van der Waals surface area contributed by atoms with Gasteiger partial charge in [-0.3, -0.25) is 13.9 Å². The smallest absolute Gasteiger partial charge is 0.264 e. The molecule has 214 valence electrons. The van der Waals surface area contributed by atoms with Crippen molar-refractivity contribution in [2.24, 2.45) is 0 Å². The van der Waals surface area contributed by atoms with Gasteiger partial charge in [0.05, 0.1) is 10.6 Å². The second kappa shape index (κ2) is 12.6. The van der Waals surface area contributed by atoms with Crippen molar-refractivity contribution < 1.29 is 18.0 Å². The summed E-state index contributed by atoms with van der Waals surface area (Å²) in [4.78, 5) is 28.7. The fourth-order valence-electron chi connectivity index (χ4n) is 4.11. The van der Waals surface area contributed by atoms with Crippen molar-refractivity contribution in [3.63, 3.8) is 0 Å². The lowest BCUT2D eigenvalue weighted by molar-refractivity contribution is -0.140. The summed E-state index contributed by atoms with van der Waals surface area (Å²) in [6.45, 7) is 10.2. The van der Waals surface area contributed by atoms with E-state index in [4.69, 9.17) is 23.2 Å². The first-order valence-electron chi connectivity index (χ1n) is 12.8. The van der Waals surface area contributed by atoms with E-state index in [0.717, 1.165) is 9.87 Å². The highest BCUT2D eigenvalue weighted by Crippen LogP contribution is 2.29. The second-order valence-electron chi connectivity index (χ2n) is 10.8.